The first kappa shape index (κ1) is 17.3. The molecule has 1 fully saturated rings. The fourth-order valence-electron chi connectivity index (χ4n) is 2.84. The molecular formula is C17H30N4S. The normalized spacial score (nSPS) is 17.7. The Morgan fingerprint density at radius 1 is 1.27 bits per heavy atom. The Labute approximate surface area is 139 Å². The molecule has 2 N–H and O–H groups in total. The average Bonchev–Trinajstić information content (AvgIpc) is 3.00. The zero-order valence-electron chi connectivity index (χ0n) is 14.2. The number of guanidine groups is 1. The van der Waals surface area contributed by atoms with E-state index in [1.165, 1.54) is 42.1 Å². The van der Waals surface area contributed by atoms with Crippen LogP contribution in [0.15, 0.2) is 17.1 Å². The summed E-state index contributed by atoms with van der Waals surface area (Å²) in [6.45, 7) is 6.56. The van der Waals surface area contributed by atoms with Crippen molar-refractivity contribution in [3.05, 3.63) is 21.9 Å². The van der Waals surface area contributed by atoms with Crippen LogP contribution in [0, 0.1) is 5.92 Å². The molecule has 22 heavy (non-hydrogen) atoms. The molecule has 1 aliphatic rings. The number of piperidine rings is 1. The van der Waals surface area contributed by atoms with Crippen LogP contribution in [0.1, 0.15) is 35.9 Å². The van der Waals surface area contributed by atoms with Crippen LogP contribution in [0.25, 0.3) is 0 Å². The fourth-order valence-corrected chi connectivity index (χ4v) is 3.74. The molecule has 0 amide bonds. The van der Waals surface area contributed by atoms with Crippen LogP contribution in [0.2, 0.25) is 0 Å². The SMILES string of the molecule is CCc1ccc(CNC(=NC)NCCC2CCN(C)CC2)s1. The van der Waals surface area contributed by atoms with Crippen molar-refractivity contribution >= 4 is 17.3 Å². The summed E-state index contributed by atoms with van der Waals surface area (Å²) in [7, 11) is 4.06. The predicted octanol–water partition coefficient (Wildman–Crippen LogP) is 2.71. The van der Waals surface area contributed by atoms with Crippen molar-refractivity contribution in [2.45, 2.75) is 39.2 Å². The topological polar surface area (TPSA) is 39.7 Å². The Kier molecular flexibility index (Phi) is 7.19. The van der Waals surface area contributed by atoms with Gasteiger partial charge < -0.3 is 15.5 Å². The number of hydrogen-bond donors (Lipinski definition) is 2. The van der Waals surface area contributed by atoms with E-state index in [1.807, 2.05) is 18.4 Å². The zero-order valence-corrected chi connectivity index (χ0v) is 15.0. The van der Waals surface area contributed by atoms with E-state index in [9.17, 15) is 0 Å². The van der Waals surface area contributed by atoms with Crippen molar-refractivity contribution in [2.75, 3.05) is 33.7 Å². The van der Waals surface area contributed by atoms with Crippen LogP contribution in [0.4, 0.5) is 0 Å². The number of aliphatic imine (C=N–C) groups is 1. The Morgan fingerprint density at radius 2 is 2.00 bits per heavy atom. The molecule has 0 radical (unpaired) electrons. The molecule has 5 heteroatoms. The summed E-state index contributed by atoms with van der Waals surface area (Å²) in [6, 6.07) is 4.43. The fraction of sp³-hybridized carbons (Fsp3) is 0.706. The van der Waals surface area contributed by atoms with Crippen LogP contribution >= 0.6 is 11.3 Å². The van der Waals surface area contributed by atoms with Gasteiger partial charge >= 0.3 is 0 Å². The smallest absolute Gasteiger partial charge is 0.191 e. The number of rotatable bonds is 6. The molecule has 1 aromatic rings. The minimum Gasteiger partial charge on any atom is -0.356 e. The number of nitrogens with zero attached hydrogens (tertiary/aromatic N) is 2. The molecule has 2 rings (SSSR count). The molecule has 0 bridgehead atoms. The van der Waals surface area contributed by atoms with Crippen molar-refractivity contribution in [2.24, 2.45) is 10.9 Å². The van der Waals surface area contributed by atoms with Crippen LogP contribution in [-0.2, 0) is 13.0 Å². The van der Waals surface area contributed by atoms with E-state index in [0.717, 1.165) is 31.4 Å². The molecule has 1 aliphatic heterocycles. The lowest BCUT2D eigenvalue weighted by atomic mass is 9.94. The number of aryl methyl sites for hydroxylation is 1. The first-order valence-corrected chi connectivity index (χ1v) is 9.23. The van der Waals surface area contributed by atoms with Gasteiger partial charge in [0.1, 0.15) is 0 Å². The third-order valence-electron chi connectivity index (χ3n) is 4.40. The van der Waals surface area contributed by atoms with Gasteiger partial charge in [-0.25, -0.2) is 0 Å². The van der Waals surface area contributed by atoms with Gasteiger partial charge in [-0.15, -0.1) is 11.3 Å². The quantitative estimate of drug-likeness (QED) is 0.625. The van der Waals surface area contributed by atoms with Gasteiger partial charge in [-0.2, -0.15) is 0 Å². The largest absolute Gasteiger partial charge is 0.356 e. The average molecular weight is 323 g/mol. The first-order chi connectivity index (χ1) is 10.7. The molecule has 1 saturated heterocycles. The number of thiophene rings is 1. The van der Waals surface area contributed by atoms with E-state index in [4.69, 9.17) is 0 Å². The van der Waals surface area contributed by atoms with Gasteiger partial charge in [-0.05, 0) is 63.9 Å². The Hall–Kier alpha value is -1.07. The number of nitrogens with one attached hydrogen (secondary N) is 2. The van der Waals surface area contributed by atoms with Gasteiger partial charge in [-0.3, -0.25) is 4.99 Å². The predicted molar refractivity (Wildman–Crippen MR) is 96.7 cm³/mol. The van der Waals surface area contributed by atoms with Gasteiger partial charge in [0.25, 0.3) is 0 Å². The van der Waals surface area contributed by atoms with Crippen molar-refractivity contribution in [3.8, 4) is 0 Å². The first-order valence-electron chi connectivity index (χ1n) is 8.42. The van der Waals surface area contributed by atoms with Crippen LogP contribution in [-0.4, -0.2) is 44.6 Å². The Balaban J connectivity index is 1.64. The summed E-state index contributed by atoms with van der Waals surface area (Å²) < 4.78 is 0. The monoisotopic (exact) mass is 322 g/mol. The van der Waals surface area contributed by atoms with Gasteiger partial charge in [0.05, 0.1) is 6.54 Å². The molecular weight excluding hydrogens is 292 g/mol. The maximum Gasteiger partial charge on any atom is 0.191 e. The summed E-state index contributed by atoms with van der Waals surface area (Å²) in [5.41, 5.74) is 0. The van der Waals surface area contributed by atoms with E-state index in [0.29, 0.717) is 0 Å². The van der Waals surface area contributed by atoms with Crippen molar-refractivity contribution in [3.63, 3.8) is 0 Å². The van der Waals surface area contributed by atoms with Crippen molar-refractivity contribution < 1.29 is 0 Å². The lowest BCUT2D eigenvalue weighted by Crippen LogP contribution is -2.38. The van der Waals surface area contributed by atoms with E-state index >= 15 is 0 Å². The summed E-state index contributed by atoms with van der Waals surface area (Å²) in [5, 5.41) is 6.86. The molecule has 2 heterocycles. The Bertz CT molecular complexity index is 461. The van der Waals surface area contributed by atoms with Crippen molar-refractivity contribution in [1.82, 2.24) is 15.5 Å². The Morgan fingerprint density at radius 3 is 2.64 bits per heavy atom. The third-order valence-corrected chi connectivity index (χ3v) is 5.63. The molecule has 124 valence electrons. The minimum atomic E-state index is 0.860. The molecule has 0 aliphatic carbocycles. The minimum absolute atomic E-state index is 0.860. The van der Waals surface area contributed by atoms with E-state index < -0.39 is 0 Å². The van der Waals surface area contributed by atoms with Gasteiger partial charge in [0.2, 0.25) is 0 Å². The number of hydrogen-bond acceptors (Lipinski definition) is 3. The van der Waals surface area contributed by atoms with Gasteiger partial charge in [-0.1, -0.05) is 6.92 Å². The second kappa shape index (κ2) is 9.16. The van der Waals surface area contributed by atoms with Crippen LogP contribution < -0.4 is 10.6 Å². The van der Waals surface area contributed by atoms with Crippen LogP contribution in [0.5, 0.6) is 0 Å². The molecule has 0 aromatic carbocycles. The second-order valence-electron chi connectivity index (χ2n) is 6.11. The molecule has 1 aromatic heterocycles. The molecule has 0 unspecified atom stereocenters. The lowest BCUT2D eigenvalue weighted by molar-refractivity contribution is 0.213. The number of likely N-dealkylation sites (tertiary alicyclic amines) is 1. The highest BCUT2D eigenvalue weighted by Gasteiger charge is 2.16. The molecule has 0 saturated carbocycles. The van der Waals surface area contributed by atoms with Gasteiger partial charge in [0, 0.05) is 23.3 Å². The van der Waals surface area contributed by atoms with E-state index in [2.05, 4.69) is 46.6 Å². The van der Waals surface area contributed by atoms with Gasteiger partial charge in [0.15, 0.2) is 5.96 Å². The molecule has 0 spiro atoms. The molecule has 0 atom stereocenters. The highest BCUT2D eigenvalue weighted by atomic mass is 32.1. The third kappa shape index (κ3) is 5.61. The standard InChI is InChI=1S/C17H30N4S/c1-4-15-5-6-16(22-15)13-20-17(18-2)19-10-7-14-8-11-21(3)12-9-14/h5-6,14H,4,7-13H2,1-3H3,(H2,18,19,20). The van der Waals surface area contributed by atoms with E-state index in [-0.39, 0.29) is 0 Å². The lowest BCUT2D eigenvalue weighted by Gasteiger charge is -2.29. The zero-order chi connectivity index (χ0) is 15.8. The summed E-state index contributed by atoms with van der Waals surface area (Å²) in [5.74, 6) is 1.78. The molecule has 4 nitrogen and oxygen atoms in total. The second-order valence-corrected chi connectivity index (χ2v) is 7.36. The van der Waals surface area contributed by atoms with Crippen molar-refractivity contribution in [1.29, 1.82) is 0 Å². The van der Waals surface area contributed by atoms with E-state index in [1.54, 1.807) is 0 Å². The highest BCUT2D eigenvalue weighted by molar-refractivity contribution is 7.11. The summed E-state index contributed by atoms with van der Waals surface area (Å²) in [4.78, 5) is 9.56. The maximum atomic E-state index is 4.32. The highest BCUT2D eigenvalue weighted by Crippen LogP contribution is 2.18. The van der Waals surface area contributed by atoms with Crippen LogP contribution in [0.3, 0.4) is 0 Å². The summed E-state index contributed by atoms with van der Waals surface area (Å²) >= 11 is 1.88. The summed E-state index contributed by atoms with van der Waals surface area (Å²) in [6.07, 6.45) is 5.03. The maximum absolute atomic E-state index is 4.32.